The molecular weight excluding hydrogens is 324 g/mol. The lowest BCUT2D eigenvalue weighted by Gasteiger charge is -2.11. The van der Waals surface area contributed by atoms with Crippen LogP contribution in [-0.2, 0) is 13.0 Å². The van der Waals surface area contributed by atoms with Gasteiger partial charge in [-0.25, -0.2) is 0 Å². The summed E-state index contributed by atoms with van der Waals surface area (Å²) in [5.41, 5.74) is 6.05. The fraction of sp³-hybridized carbons (Fsp3) is 0.273. The van der Waals surface area contributed by atoms with Crippen LogP contribution in [0.5, 0.6) is 5.75 Å². The molecule has 0 unspecified atom stereocenters. The molecule has 1 aliphatic rings. The number of ether oxygens (including phenoxy) is 1. The quantitative estimate of drug-likeness (QED) is 0.759. The van der Waals surface area contributed by atoms with Crippen LogP contribution in [0.1, 0.15) is 11.3 Å². The smallest absolute Gasteiger partial charge is 0.119 e. The minimum atomic E-state index is 0.0227. The van der Waals surface area contributed by atoms with Crippen LogP contribution in [0.25, 0.3) is 28.1 Å². The fourth-order valence-corrected chi connectivity index (χ4v) is 3.73. The Morgan fingerprint density at radius 2 is 2.08 bits per heavy atom. The molecule has 0 spiro atoms. The van der Waals surface area contributed by atoms with Crippen LogP contribution < -0.4 is 10.1 Å². The normalized spacial score (nSPS) is 14.5. The molecular formula is C22H24N2O2. The summed E-state index contributed by atoms with van der Waals surface area (Å²) in [5.74, 6) is 0.815. The topological polar surface area (TPSA) is 46.4 Å². The maximum atomic E-state index is 9.16. The zero-order chi connectivity index (χ0) is 17.9. The third-order valence-corrected chi connectivity index (χ3v) is 5.03. The number of hydrogen-bond acceptors (Lipinski definition) is 3. The summed E-state index contributed by atoms with van der Waals surface area (Å²) in [7, 11) is 1.67. The van der Waals surface area contributed by atoms with Crippen molar-refractivity contribution in [2.45, 2.75) is 13.0 Å². The van der Waals surface area contributed by atoms with Crippen molar-refractivity contribution < 1.29 is 9.84 Å². The molecule has 4 nitrogen and oxygen atoms in total. The van der Waals surface area contributed by atoms with Crippen molar-refractivity contribution in [1.29, 1.82) is 0 Å². The number of aromatic nitrogens is 1. The lowest BCUT2D eigenvalue weighted by molar-refractivity contribution is 0.343. The monoisotopic (exact) mass is 348 g/mol. The van der Waals surface area contributed by atoms with Gasteiger partial charge in [0.2, 0.25) is 0 Å². The Hall–Kier alpha value is -2.56. The predicted octanol–water partition coefficient (Wildman–Crippen LogP) is 3.47. The van der Waals surface area contributed by atoms with E-state index >= 15 is 0 Å². The molecule has 0 amide bonds. The van der Waals surface area contributed by atoms with Crippen LogP contribution in [0.3, 0.4) is 0 Å². The highest BCUT2D eigenvalue weighted by atomic mass is 16.5. The number of benzene rings is 2. The number of nitrogens with zero attached hydrogens (tertiary/aromatic N) is 1. The van der Waals surface area contributed by atoms with E-state index in [4.69, 9.17) is 9.84 Å². The van der Waals surface area contributed by atoms with Crippen LogP contribution in [0.15, 0.2) is 48.5 Å². The highest BCUT2D eigenvalue weighted by Crippen LogP contribution is 2.32. The number of hydrogen-bond donors (Lipinski definition) is 2. The second-order valence-electron chi connectivity index (χ2n) is 6.60. The zero-order valence-electron chi connectivity index (χ0n) is 15.0. The first kappa shape index (κ1) is 16.9. The van der Waals surface area contributed by atoms with Crippen molar-refractivity contribution in [3.05, 3.63) is 59.8 Å². The van der Waals surface area contributed by atoms with E-state index in [1.807, 2.05) is 18.2 Å². The molecule has 0 fully saturated rings. The molecule has 134 valence electrons. The van der Waals surface area contributed by atoms with Crippen LogP contribution in [0.2, 0.25) is 0 Å². The molecule has 2 aromatic carbocycles. The van der Waals surface area contributed by atoms with Gasteiger partial charge in [-0.3, -0.25) is 0 Å². The average molecular weight is 348 g/mol. The third kappa shape index (κ3) is 3.14. The van der Waals surface area contributed by atoms with E-state index in [1.54, 1.807) is 13.2 Å². The summed E-state index contributed by atoms with van der Waals surface area (Å²) >= 11 is 0. The van der Waals surface area contributed by atoms with Crippen molar-refractivity contribution in [1.82, 2.24) is 9.88 Å². The largest absolute Gasteiger partial charge is 0.497 e. The van der Waals surface area contributed by atoms with E-state index in [0.29, 0.717) is 0 Å². The van der Waals surface area contributed by atoms with Gasteiger partial charge in [0.1, 0.15) is 5.75 Å². The maximum Gasteiger partial charge on any atom is 0.119 e. The molecule has 3 aromatic rings. The van der Waals surface area contributed by atoms with Gasteiger partial charge in [-0.05, 0) is 46.3 Å². The summed E-state index contributed by atoms with van der Waals surface area (Å²) in [6.07, 6.45) is 4.77. The summed E-state index contributed by atoms with van der Waals surface area (Å²) in [6.45, 7) is 3.07. The van der Waals surface area contributed by atoms with Crippen molar-refractivity contribution >= 4 is 17.0 Å². The summed E-state index contributed by atoms with van der Waals surface area (Å²) in [5, 5.41) is 13.9. The molecule has 0 atom stereocenters. The molecule has 0 aliphatic carbocycles. The summed E-state index contributed by atoms with van der Waals surface area (Å²) in [4.78, 5) is 0. The Labute approximate surface area is 153 Å². The van der Waals surface area contributed by atoms with Gasteiger partial charge in [-0.2, -0.15) is 0 Å². The Morgan fingerprint density at radius 1 is 1.15 bits per heavy atom. The minimum absolute atomic E-state index is 0.0227. The summed E-state index contributed by atoms with van der Waals surface area (Å²) < 4.78 is 7.80. The Balaban J connectivity index is 1.84. The molecule has 26 heavy (non-hydrogen) atoms. The van der Waals surface area contributed by atoms with Crippen LogP contribution in [0.4, 0.5) is 0 Å². The van der Waals surface area contributed by atoms with Gasteiger partial charge >= 0.3 is 0 Å². The molecule has 0 bridgehead atoms. The Bertz CT molecular complexity index is 956. The number of fused-ring (bicyclic) bond motifs is 3. The maximum absolute atomic E-state index is 9.16. The van der Waals surface area contributed by atoms with E-state index in [1.165, 1.54) is 22.2 Å². The number of aliphatic hydroxyl groups excluding tert-OH is 1. The first-order valence-corrected chi connectivity index (χ1v) is 9.09. The minimum Gasteiger partial charge on any atom is -0.497 e. The number of nitrogens with one attached hydrogen (secondary N) is 1. The van der Waals surface area contributed by atoms with Gasteiger partial charge in [-0.1, -0.05) is 30.4 Å². The van der Waals surface area contributed by atoms with Crippen LogP contribution in [0, 0.1) is 0 Å². The van der Waals surface area contributed by atoms with Crippen LogP contribution in [-0.4, -0.2) is 36.5 Å². The lowest BCUT2D eigenvalue weighted by Crippen LogP contribution is -2.17. The number of methoxy groups -OCH3 is 1. The van der Waals surface area contributed by atoms with Gasteiger partial charge in [-0.15, -0.1) is 0 Å². The zero-order valence-corrected chi connectivity index (χ0v) is 15.0. The van der Waals surface area contributed by atoms with E-state index in [9.17, 15) is 0 Å². The predicted molar refractivity (Wildman–Crippen MR) is 107 cm³/mol. The van der Waals surface area contributed by atoms with Gasteiger partial charge < -0.3 is 19.7 Å². The SMILES string of the molecule is COc1ccc(-c2ccc3cc4n(c3c2)CCNCC4)c(/C=C/CO)c1. The Morgan fingerprint density at radius 3 is 2.92 bits per heavy atom. The number of rotatable bonds is 4. The first-order valence-electron chi connectivity index (χ1n) is 9.09. The van der Waals surface area contributed by atoms with Gasteiger partial charge in [0.05, 0.1) is 13.7 Å². The second kappa shape index (κ2) is 7.36. The van der Waals surface area contributed by atoms with E-state index in [2.05, 4.69) is 40.2 Å². The van der Waals surface area contributed by atoms with Crippen molar-refractivity contribution in [3.63, 3.8) is 0 Å². The summed E-state index contributed by atoms with van der Waals surface area (Å²) in [6, 6.07) is 15.1. The van der Waals surface area contributed by atoms with E-state index in [0.717, 1.165) is 42.9 Å². The van der Waals surface area contributed by atoms with Gasteiger partial charge in [0.25, 0.3) is 0 Å². The lowest BCUT2D eigenvalue weighted by atomic mass is 9.98. The Kier molecular flexibility index (Phi) is 4.78. The standard InChI is InChI=1S/C22H24N2O2/c1-26-20-6-7-21(16(14-20)3-2-12-25)17-4-5-18-13-19-8-9-23-10-11-24(19)22(18)15-17/h2-7,13-15,23,25H,8-12H2,1H3/b3-2+. The van der Waals surface area contributed by atoms with Crippen molar-refractivity contribution in [2.24, 2.45) is 0 Å². The van der Waals surface area contributed by atoms with Crippen LogP contribution >= 0.6 is 0 Å². The molecule has 4 heteroatoms. The van der Waals surface area contributed by atoms with Gasteiger partial charge in [0.15, 0.2) is 0 Å². The molecule has 2 N–H and O–H groups in total. The molecule has 4 rings (SSSR count). The molecule has 1 aromatic heterocycles. The molecule has 0 saturated carbocycles. The van der Waals surface area contributed by atoms with E-state index < -0.39 is 0 Å². The van der Waals surface area contributed by atoms with Crippen molar-refractivity contribution in [3.8, 4) is 16.9 Å². The highest BCUT2D eigenvalue weighted by molar-refractivity contribution is 5.88. The molecule has 0 radical (unpaired) electrons. The fourth-order valence-electron chi connectivity index (χ4n) is 3.73. The molecule has 0 saturated heterocycles. The third-order valence-electron chi connectivity index (χ3n) is 5.03. The van der Waals surface area contributed by atoms with E-state index in [-0.39, 0.29) is 6.61 Å². The van der Waals surface area contributed by atoms with Gasteiger partial charge in [0, 0.05) is 37.3 Å². The molecule has 1 aliphatic heterocycles. The molecule has 2 heterocycles. The highest BCUT2D eigenvalue weighted by Gasteiger charge is 2.13. The first-order chi connectivity index (χ1) is 12.8. The van der Waals surface area contributed by atoms with Crippen molar-refractivity contribution in [2.75, 3.05) is 26.8 Å². The number of aliphatic hydroxyl groups is 1. The average Bonchev–Trinajstić information content (AvgIpc) is 2.85. The second-order valence-corrected chi connectivity index (χ2v) is 6.60.